The Morgan fingerprint density at radius 3 is 2.61 bits per heavy atom. The van der Waals surface area contributed by atoms with Crippen molar-refractivity contribution >= 4 is 0 Å². The minimum atomic E-state index is -1.52. The number of hydrogen-bond donors (Lipinski definition) is 4. The average Bonchev–Trinajstić information content (AvgIpc) is 2.61. The Labute approximate surface area is 98.9 Å². The van der Waals surface area contributed by atoms with Crippen molar-refractivity contribution in [2.75, 3.05) is 6.61 Å². The lowest BCUT2D eigenvalue weighted by atomic mass is 10.1. The number of aromatic amines is 1. The molecular weight excluding hydrogens is 251 g/mol. The second-order valence-electron chi connectivity index (χ2n) is 3.87. The van der Waals surface area contributed by atoms with Crippen molar-refractivity contribution < 1.29 is 24.4 Å². The van der Waals surface area contributed by atoms with Gasteiger partial charge in [0.1, 0.15) is 18.3 Å². The SMILES string of the molecule is O=c1[nH]c(=O)n([C@@H]2OC(CO)C(O)C2O)cc1F. The van der Waals surface area contributed by atoms with Crippen LogP contribution >= 0.6 is 0 Å². The van der Waals surface area contributed by atoms with E-state index in [0.29, 0.717) is 10.8 Å². The predicted molar refractivity (Wildman–Crippen MR) is 54.3 cm³/mol. The van der Waals surface area contributed by atoms with E-state index in [0.717, 1.165) is 0 Å². The molecule has 3 unspecified atom stereocenters. The van der Waals surface area contributed by atoms with E-state index in [-0.39, 0.29) is 0 Å². The normalized spacial score (nSPS) is 31.8. The summed E-state index contributed by atoms with van der Waals surface area (Å²) >= 11 is 0. The highest BCUT2D eigenvalue weighted by Gasteiger charge is 2.43. The summed E-state index contributed by atoms with van der Waals surface area (Å²) in [5.74, 6) is -1.23. The van der Waals surface area contributed by atoms with Crippen LogP contribution in [0.1, 0.15) is 6.23 Å². The molecule has 18 heavy (non-hydrogen) atoms. The van der Waals surface area contributed by atoms with Crippen LogP contribution in [0.3, 0.4) is 0 Å². The van der Waals surface area contributed by atoms with Crippen LogP contribution in [0.4, 0.5) is 4.39 Å². The molecule has 1 aliphatic rings. The maximum atomic E-state index is 13.1. The smallest absolute Gasteiger partial charge is 0.330 e. The molecule has 0 bridgehead atoms. The molecule has 2 rings (SSSR count). The molecule has 1 fully saturated rings. The fourth-order valence-corrected chi connectivity index (χ4v) is 1.76. The summed E-state index contributed by atoms with van der Waals surface area (Å²) < 4.78 is 18.7. The standard InChI is InChI=1S/C9H11FN2O6/c10-3-1-12(9(17)11-7(3)16)8-6(15)5(14)4(2-13)18-8/h1,4-6,8,13-15H,2H2,(H,11,16,17)/t4?,5?,6?,8-/m1/s1. The van der Waals surface area contributed by atoms with E-state index in [1.807, 2.05) is 0 Å². The lowest BCUT2D eigenvalue weighted by molar-refractivity contribution is -0.0554. The second kappa shape index (κ2) is 4.61. The quantitative estimate of drug-likeness (QED) is 0.459. The van der Waals surface area contributed by atoms with Gasteiger partial charge >= 0.3 is 5.69 Å². The van der Waals surface area contributed by atoms with Crippen LogP contribution in [0.2, 0.25) is 0 Å². The fraction of sp³-hybridized carbons (Fsp3) is 0.556. The molecule has 0 radical (unpaired) electrons. The highest BCUT2D eigenvalue weighted by molar-refractivity contribution is 4.94. The van der Waals surface area contributed by atoms with Crippen molar-refractivity contribution in [2.24, 2.45) is 0 Å². The zero-order valence-electron chi connectivity index (χ0n) is 8.99. The van der Waals surface area contributed by atoms with E-state index in [9.17, 15) is 24.2 Å². The molecule has 0 saturated carbocycles. The number of halogens is 1. The molecule has 9 heteroatoms. The number of nitrogens with zero attached hydrogens (tertiary/aromatic N) is 1. The van der Waals surface area contributed by atoms with Crippen molar-refractivity contribution in [2.45, 2.75) is 24.5 Å². The van der Waals surface area contributed by atoms with Crippen molar-refractivity contribution in [1.29, 1.82) is 0 Å². The van der Waals surface area contributed by atoms with E-state index < -0.39 is 48.2 Å². The lowest BCUT2D eigenvalue weighted by Crippen LogP contribution is -2.38. The first-order valence-corrected chi connectivity index (χ1v) is 5.09. The summed E-state index contributed by atoms with van der Waals surface area (Å²) in [4.78, 5) is 24.0. The van der Waals surface area contributed by atoms with Gasteiger partial charge in [0.2, 0.25) is 5.82 Å². The second-order valence-corrected chi connectivity index (χ2v) is 3.87. The Hall–Kier alpha value is -1.55. The third-order valence-corrected chi connectivity index (χ3v) is 2.72. The molecule has 4 N–H and O–H groups in total. The molecule has 0 aliphatic carbocycles. The summed E-state index contributed by atoms with van der Waals surface area (Å²) in [5, 5.41) is 28.0. The number of nitrogens with one attached hydrogen (secondary N) is 1. The number of aromatic nitrogens is 2. The van der Waals surface area contributed by atoms with E-state index in [1.54, 1.807) is 4.98 Å². The Morgan fingerprint density at radius 2 is 2.06 bits per heavy atom. The third-order valence-electron chi connectivity index (χ3n) is 2.72. The maximum Gasteiger partial charge on any atom is 0.330 e. The minimum Gasteiger partial charge on any atom is -0.394 e. The van der Waals surface area contributed by atoms with Crippen LogP contribution < -0.4 is 11.2 Å². The van der Waals surface area contributed by atoms with Gasteiger partial charge in [-0.1, -0.05) is 0 Å². The molecule has 100 valence electrons. The summed E-state index contributed by atoms with van der Waals surface area (Å²) in [6, 6.07) is 0. The lowest BCUT2D eigenvalue weighted by Gasteiger charge is -2.16. The number of H-pyrrole nitrogens is 1. The third kappa shape index (κ3) is 1.97. The molecule has 8 nitrogen and oxygen atoms in total. The first-order valence-electron chi connectivity index (χ1n) is 5.09. The van der Waals surface area contributed by atoms with Crippen LogP contribution in [0.5, 0.6) is 0 Å². The van der Waals surface area contributed by atoms with E-state index in [1.165, 1.54) is 0 Å². The van der Waals surface area contributed by atoms with E-state index in [2.05, 4.69) is 0 Å². The van der Waals surface area contributed by atoms with Crippen LogP contribution in [0.15, 0.2) is 15.8 Å². The molecule has 1 aromatic rings. The van der Waals surface area contributed by atoms with Crippen LogP contribution in [-0.4, -0.2) is 49.8 Å². The van der Waals surface area contributed by atoms with Gasteiger partial charge in [-0.25, -0.2) is 4.79 Å². The molecule has 4 atom stereocenters. The minimum absolute atomic E-state index is 0.571. The van der Waals surface area contributed by atoms with Gasteiger partial charge in [0.15, 0.2) is 6.23 Å². The topological polar surface area (TPSA) is 125 Å². The van der Waals surface area contributed by atoms with Crippen molar-refractivity contribution in [3.63, 3.8) is 0 Å². The predicted octanol–water partition coefficient (Wildman–Crippen LogP) is -2.71. The van der Waals surface area contributed by atoms with Crippen molar-refractivity contribution in [3.05, 3.63) is 32.9 Å². The Bertz CT molecular complexity index is 555. The van der Waals surface area contributed by atoms with Gasteiger partial charge in [0, 0.05) is 0 Å². The number of aliphatic hydroxyl groups excluding tert-OH is 3. The number of ether oxygens (including phenoxy) is 1. The monoisotopic (exact) mass is 262 g/mol. The summed E-state index contributed by atoms with van der Waals surface area (Å²) in [7, 11) is 0. The van der Waals surface area contributed by atoms with Gasteiger partial charge in [-0.3, -0.25) is 14.3 Å². The molecule has 1 aliphatic heterocycles. The van der Waals surface area contributed by atoms with Crippen molar-refractivity contribution in [3.8, 4) is 0 Å². The van der Waals surface area contributed by atoms with Crippen LogP contribution in [-0.2, 0) is 4.74 Å². The van der Waals surface area contributed by atoms with Gasteiger partial charge in [-0.15, -0.1) is 0 Å². The van der Waals surface area contributed by atoms with Gasteiger partial charge in [-0.05, 0) is 0 Å². The van der Waals surface area contributed by atoms with Gasteiger partial charge in [0.05, 0.1) is 12.8 Å². The molecule has 1 aromatic heterocycles. The molecular formula is C9H11FN2O6. The largest absolute Gasteiger partial charge is 0.394 e. The number of aliphatic hydroxyl groups is 3. The summed E-state index contributed by atoms with van der Waals surface area (Å²) in [5.41, 5.74) is -2.18. The summed E-state index contributed by atoms with van der Waals surface area (Å²) in [6.45, 7) is -0.574. The average molecular weight is 262 g/mol. The first-order chi connectivity index (χ1) is 8.45. The van der Waals surface area contributed by atoms with Gasteiger partial charge in [-0.2, -0.15) is 4.39 Å². The molecule has 0 amide bonds. The zero-order valence-corrected chi connectivity index (χ0v) is 8.99. The Morgan fingerprint density at radius 1 is 1.39 bits per heavy atom. The fourth-order valence-electron chi connectivity index (χ4n) is 1.76. The van der Waals surface area contributed by atoms with E-state index >= 15 is 0 Å². The van der Waals surface area contributed by atoms with Crippen LogP contribution in [0.25, 0.3) is 0 Å². The van der Waals surface area contributed by atoms with Gasteiger partial charge < -0.3 is 20.1 Å². The Kier molecular flexibility index (Phi) is 3.30. The number of rotatable bonds is 2. The highest BCUT2D eigenvalue weighted by atomic mass is 19.1. The Balaban J connectivity index is 2.42. The zero-order chi connectivity index (χ0) is 13.4. The van der Waals surface area contributed by atoms with Gasteiger partial charge in [0.25, 0.3) is 5.56 Å². The highest BCUT2D eigenvalue weighted by Crippen LogP contribution is 2.27. The molecule has 1 saturated heterocycles. The summed E-state index contributed by atoms with van der Waals surface area (Å²) in [6.07, 6.45) is -4.84. The van der Waals surface area contributed by atoms with Crippen LogP contribution in [0, 0.1) is 5.82 Å². The molecule has 0 aromatic carbocycles. The first kappa shape index (κ1) is 12.9. The van der Waals surface area contributed by atoms with E-state index in [4.69, 9.17) is 9.84 Å². The maximum absolute atomic E-state index is 13.1. The molecule has 2 heterocycles. The number of hydrogen-bond acceptors (Lipinski definition) is 6. The molecule has 0 spiro atoms. The van der Waals surface area contributed by atoms with Crippen molar-refractivity contribution in [1.82, 2.24) is 9.55 Å².